The largest absolute Gasteiger partial charge is 0.261 e. The van der Waals surface area contributed by atoms with Crippen LogP contribution < -0.4 is 0 Å². The predicted octanol–water partition coefficient (Wildman–Crippen LogP) is 4.36. The maximum atomic E-state index is 4.46. The second kappa shape index (κ2) is 5.14. The minimum atomic E-state index is 0.271. The molecular weight excluding hydrogens is 170 g/mol. The molecule has 0 aromatic rings. The van der Waals surface area contributed by atoms with Crippen molar-refractivity contribution in [1.82, 2.24) is 0 Å². The van der Waals surface area contributed by atoms with E-state index in [1.54, 1.807) is 0 Å². The van der Waals surface area contributed by atoms with Crippen molar-refractivity contribution >= 4 is 5.71 Å². The van der Waals surface area contributed by atoms with E-state index < -0.39 is 0 Å². The molecule has 0 saturated carbocycles. The highest BCUT2D eigenvalue weighted by Crippen LogP contribution is 2.21. The summed E-state index contributed by atoms with van der Waals surface area (Å²) in [7, 11) is 0. The van der Waals surface area contributed by atoms with Crippen LogP contribution in [0.15, 0.2) is 28.9 Å². The molecular formula is C13H23N. The van der Waals surface area contributed by atoms with Gasteiger partial charge in [-0.15, -0.1) is 0 Å². The molecule has 0 aliphatic rings. The Bertz CT molecular complexity index is 257. The van der Waals surface area contributed by atoms with E-state index in [1.165, 1.54) is 5.57 Å². The number of allylic oxidation sites excluding steroid dienone is 2. The molecule has 0 aromatic carbocycles. The van der Waals surface area contributed by atoms with Gasteiger partial charge in [-0.05, 0) is 38.2 Å². The number of aliphatic imine (C=N–C) groups is 1. The molecule has 0 spiro atoms. The topological polar surface area (TPSA) is 12.4 Å². The zero-order valence-corrected chi connectivity index (χ0v) is 10.4. The molecule has 80 valence electrons. The Morgan fingerprint density at radius 1 is 1.21 bits per heavy atom. The van der Waals surface area contributed by atoms with Gasteiger partial charge in [-0.3, -0.25) is 4.99 Å². The SMILES string of the molecule is C=C(C)C(CC(C)(C)C)=NC=C(C)C. The molecule has 1 heteroatoms. The first-order chi connectivity index (χ1) is 6.22. The van der Waals surface area contributed by atoms with Gasteiger partial charge >= 0.3 is 0 Å². The molecule has 0 N–H and O–H groups in total. The van der Waals surface area contributed by atoms with Crippen LogP contribution in [0, 0.1) is 5.41 Å². The van der Waals surface area contributed by atoms with Gasteiger partial charge in [0.2, 0.25) is 0 Å². The van der Waals surface area contributed by atoms with Gasteiger partial charge in [0.25, 0.3) is 0 Å². The molecule has 0 rings (SSSR count). The summed E-state index contributed by atoms with van der Waals surface area (Å²) in [6, 6.07) is 0. The Hall–Kier alpha value is -0.850. The van der Waals surface area contributed by atoms with Gasteiger partial charge in [0.05, 0.1) is 0 Å². The van der Waals surface area contributed by atoms with Crippen LogP contribution in [-0.2, 0) is 0 Å². The Morgan fingerprint density at radius 2 is 1.71 bits per heavy atom. The maximum absolute atomic E-state index is 4.46. The summed E-state index contributed by atoms with van der Waals surface area (Å²) < 4.78 is 0. The molecule has 0 amide bonds. The quantitative estimate of drug-likeness (QED) is 0.590. The lowest BCUT2D eigenvalue weighted by Crippen LogP contribution is -2.13. The molecule has 0 radical (unpaired) electrons. The number of hydrogen-bond acceptors (Lipinski definition) is 1. The lowest BCUT2D eigenvalue weighted by atomic mass is 9.88. The van der Waals surface area contributed by atoms with Gasteiger partial charge in [-0.1, -0.05) is 32.9 Å². The minimum absolute atomic E-state index is 0.271. The van der Waals surface area contributed by atoms with Crippen LogP contribution in [0.3, 0.4) is 0 Å². The van der Waals surface area contributed by atoms with E-state index >= 15 is 0 Å². The van der Waals surface area contributed by atoms with E-state index in [4.69, 9.17) is 0 Å². The lowest BCUT2D eigenvalue weighted by molar-refractivity contribution is 0.434. The van der Waals surface area contributed by atoms with Crippen molar-refractivity contribution < 1.29 is 0 Å². The first kappa shape index (κ1) is 13.2. The van der Waals surface area contributed by atoms with Gasteiger partial charge in [-0.25, -0.2) is 0 Å². The van der Waals surface area contributed by atoms with Crippen molar-refractivity contribution in [1.29, 1.82) is 0 Å². The summed E-state index contributed by atoms with van der Waals surface area (Å²) in [4.78, 5) is 4.46. The fraction of sp³-hybridized carbons (Fsp3) is 0.615. The summed E-state index contributed by atoms with van der Waals surface area (Å²) in [6.07, 6.45) is 2.89. The number of hydrogen-bond donors (Lipinski definition) is 0. The monoisotopic (exact) mass is 193 g/mol. The van der Waals surface area contributed by atoms with Crippen molar-refractivity contribution in [3.05, 3.63) is 23.9 Å². The van der Waals surface area contributed by atoms with Crippen LogP contribution >= 0.6 is 0 Å². The molecule has 0 atom stereocenters. The van der Waals surface area contributed by atoms with Crippen LogP contribution in [0.1, 0.15) is 48.0 Å². The maximum Gasteiger partial charge on any atom is 0.0432 e. The van der Waals surface area contributed by atoms with Crippen molar-refractivity contribution in [3.8, 4) is 0 Å². The Morgan fingerprint density at radius 3 is 2.00 bits per heavy atom. The third kappa shape index (κ3) is 6.64. The molecule has 0 fully saturated rings. The molecule has 0 aromatic heterocycles. The fourth-order valence-corrected chi connectivity index (χ4v) is 1.02. The van der Waals surface area contributed by atoms with Gasteiger partial charge in [0.15, 0.2) is 0 Å². The molecule has 0 saturated heterocycles. The summed E-state index contributed by atoms with van der Waals surface area (Å²) in [6.45, 7) is 16.7. The van der Waals surface area contributed by atoms with Crippen molar-refractivity contribution in [2.45, 2.75) is 48.0 Å². The Labute approximate surface area is 88.6 Å². The number of nitrogens with zero attached hydrogens (tertiary/aromatic N) is 1. The van der Waals surface area contributed by atoms with Gasteiger partial charge in [-0.2, -0.15) is 0 Å². The second-order valence-electron chi connectivity index (χ2n) is 5.30. The van der Waals surface area contributed by atoms with Crippen LogP contribution in [0.25, 0.3) is 0 Å². The summed E-state index contributed by atoms with van der Waals surface area (Å²) in [5.74, 6) is 0. The van der Waals surface area contributed by atoms with Crippen molar-refractivity contribution in [3.63, 3.8) is 0 Å². The highest BCUT2D eigenvalue weighted by Gasteiger charge is 2.14. The Kier molecular flexibility index (Phi) is 4.82. The van der Waals surface area contributed by atoms with Crippen LogP contribution in [0.5, 0.6) is 0 Å². The molecule has 0 unspecified atom stereocenters. The summed E-state index contributed by atoms with van der Waals surface area (Å²) in [5.41, 5.74) is 3.67. The van der Waals surface area contributed by atoms with E-state index in [2.05, 4.69) is 46.2 Å². The predicted molar refractivity (Wildman–Crippen MR) is 65.8 cm³/mol. The number of rotatable bonds is 3. The molecule has 0 aliphatic heterocycles. The second-order valence-corrected chi connectivity index (χ2v) is 5.30. The Balaban J connectivity index is 4.71. The smallest absolute Gasteiger partial charge is 0.0432 e. The first-order valence-corrected chi connectivity index (χ1v) is 5.08. The van der Waals surface area contributed by atoms with E-state index in [1.807, 2.05) is 13.1 Å². The van der Waals surface area contributed by atoms with E-state index in [0.29, 0.717) is 0 Å². The van der Waals surface area contributed by atoms with Gasteiger partial charge in [0, 0.05) is 11.9 Å². The minimum Gasteiger partial charge on any atom is -0.261 e. The van der Waals surface area contributed by atoms with Gasteiger partial charge < -0.3 is 0 Å². The highest BCUT2D eigenvalue weighted by atomic mass is 14.7. The first-order valence-electron chi connectivity index (χ1n) is 5.08. The third-order valence-electron chi connectivity index (χ3n) is 1.67. The van der Waals surface area contributed by atoms with Crippen molar-refractivity contribution in [2.24, 2.45) is 10.4 Å². The highest BCUT2D eigenvalue weighted by molar-refractivity contribution is 5.99. The normalized spacial score (nSPS) is 12.6. The molecule has 0 bridgehead atoms. The molecule has 0 heterocycles. The van der Waals surface area contributed by atoms with Crippen LogP contribution in [-0.4, -0.2) is 5.71 Å². The van der Waals surface area contributed by atoms with E-state index in [0.717, 1.165) is 17.7 Å². The van der Waals surface area contributed by atoms with E-state index in [9.17, 15) is 0 Å². The zero-order chi connectivity index (χ0) is 11.4. The van der Waals surface area contributed by atoms with E-state index in [-0.39, 0.29) is 5.41 Å². The fourth-order valence-electron chi connectivity index (χ4n) is 1.02. The molecule has 1 nitrogen and oxygen atoms in total. The summed E-state index contributed by atoms with van der Waals surface area (Å²) in [5, 5.41) is 0. The summed E-state index contributed by atoms with van der Waals surface area (Å²) >= 11 is 0. The zero-order valence-electron chi connectivity index (χ0n) is 10.4. The average Bonchev–Trinajstić information content (AvgIpc) is 1.94. The third-order valence-corrected chi connectivity index (χ3v) is 1.67. The standard InChI is InChI=1S/C13H23N/c1-10(2)9-14-12(11(3)4)8-13(5,6)7/h9H,3,8H2,1-2,4-7H3. The lowest BCUT2D eigenvalue weighted by Gasteiger charge is -2.19. The van der Waals surface area contributed by atoms with Crippen LogP contribution in [0.2, 0.25) is 0 Å². The van der Waals surface area contributed by atoms with Crippen LogP contribution in [0.4, 0.5) is 0 Å². The molecule has 14 heavy (non-hydrogen) atoms. The van der Waals surface area contributed by atoms with Crippen molar-refractivity contribution in [2.75, 3.05) is 0 Å². The average molecular weight is 193 g/mol. The van der Waals surface area contributed by atoms with Gasteiger partial charge in [0.1, 0.15) is 0 Å². The molecule has 0 aliphatic carbocycles.